The lowest BCUT2D eigenvalue weighted by Gasteiger charge is -2.18. The Morgan fingerprint density at radius 1 is 1.06 bits per heavy atom. The average molecular weight is 280 g/mol. The summed E-state index contributed by atoms with van der Waals surface area (Å²) in [7, 11) is 0. The number of benzene rings is 1. The number of hydrogen-bond donors (Lipinski definition) is 1. The summed E-state index contributed by atoms with van der Waals surface area (Å²) in [4.78, 5) is 1.26. The van der Waals surface area contributed by atoms with Gasteiger partial charge >= 0.3 is 0 Å². The molecule has 0 aliphatic heterocycles. The van der Waals surface area contributed by atoms with Crippen LogP contribution in [-0.2, 0) is 0 Å². The summed E-state index contributed by atoms with van der Waals surface area (Å²) in [5.41, 5.74) is 2.57. The van der Waals surface area contributed by atoms with Crippen molar-refractivity contribution in [3.8, 4) is 0 Å². The van der Waals surface area contributed by atoms with Crippen molar-refractivity contribution < 1.29 is 0 Å². The molecular weight excluding hydrogens is 262 g/mol. The van der Waals surface area contributed by atoms with E-state index in [1.165, 1.54) is 16.1 Å². The van der Waals surface area contributed by atoms with Crippen molar-refractivity contribution in [3.63, 3.8) is 0 Å². The zero-order chi connectivity index (χ0) is 13.1. The summed E-state index contributed by atoms with van der Waals surface area (Å²) in [5.74, 6) is 0.521. The standard InChI is InChI=1S/C15H18ClNS/c1-10(2)12-6-4-5-7-13(12)17-11(3)14-8-9-15(16)18-14/h4-11,17H,1-3H3. The van der Waals surface area contributed by atoms with Crippen molar-refractivity contribution in [1.29, 1.82) is 0 Å². The zero-order valence-electron chi connectivity index (χ0n) is 10.9. The lowest BCUT2D eigenvalue weighted by Crippen LogP contribution is -2.07. The smallest absolute Gasteiger partial charge is 0.0932 e. The first-order valence-electron chi connectivity index (χ1n) is 6.18. The number of para-hydroxylation sites is 1. The van der Waals surface area contributed by atoms with Gasteiger partial charge in [-0.3, -0.25) is 0 Å². The van der Waals surface area contributed by atoms with Crippen LogP contribution in [0.25, 0.3) is 0 Å². The molecule has 0 radical (unpaired) electrons. The molecule has 0 amide bonds. The van der Waals surface area contributed by atoms with E-state index in [4.69, 9.17) is 11.6 Å². The van der Waals surface area contributed by atoms with Crippen LogP contribution >= 0.6 is 22.9 Å². The third kappa shape index (κ3) is 3.06. The molecule has 0 saturated carbocycles. The van der Waals surface area contributed by atoms with E-state index >= 15 is 0 Å². The molecule has 2 rings (SSSR count). The van der Waals surface area contributed by atoms with Crippen molar-refractivity contribution in [3.05, 3.63) is 51.2 Å². The van der Waals surface area contributed by atoms with Crippen LogP contribution in [0.5, 0.6) is 0 Å². The van der Waals surface area contributed by atoms with Crippen LogP contribution in [0.4, 0.5) is 5.69 Å². The molecule has 18 heavy (non-hydrogen) atoms. The van der Waals surface area contributed by atoms with Gasteiger partial charge in [0.25, 0.3) is 0 Å². The Bertz CT molecular complexity index is 519. The van der Waals surface area contributed by atoms with E-state index in [9.17, 15) is 0 Å². The topological polar surface area (TPSA) is 12.0 Å². The highest BCUT2D eigenvalue weighted by molar-refractivity contribution is 7.16. The molecule has 1 nitrogen and oxygen atoms in total. The summed E-state index contributed by atoms with van der Waals surface area (Å²) in [6, 6.07) is 12.8. The van der Waals surface area contributed by atoms with Crippen LogP contribution in [0.3, 0.4) is 0 Å². The molecule has 96 valence electrons. The summed E-state index contributed by atoms with van der Waals surface area (Å²) in [6.07, 6.45) is 0. The minimum absolute atomic E-state index is 0.280. The molecule has 3 heteroatoms. The molecule has 1 unspecified atom stereocenters. The van der Waals surface area contributed by atoms with Gasteiger partial charge in [0, 0.05) is 10.6 Å². The summed E-state index contributed by atoms with van der Waals surface area (Å²) in [6.45, 7) is 6.60. The average Bonchev–Trinajstić information content (AvgIpc) is 2.76. The zero-order valence-corrected chi connectivity index (χ0v) is 12.5. The quantitative estimate of drug-likeness (QED) is 0.757. The van der Waals surface area contributed by atoms with E-state index in [0.29, 0.717) is 5.92 Å². The van der Waals surface area contributed by atoms with E-state index in [1.807, 2.05) is 6.07 Å². The fourth-order valence-corrected chi connectivity index (χ4v) is 3.06. The lowest BCUT2D eigenvalue weighted by atomic mass is 10.0. The highest BCUT2D eigenvalue weighted by Crippen LogP contribution is 2.31. The number of thiophene rings is 1. The molecule has 0 aliphatic rings. The van der Waals surface area contributed by atoms with E-state index < -0.39 is 0 Å². The van der Waals surface area contributed by atoms with Gasteiger partial charge in [0.1, 0.15) is 0 Å². The molecular formula is C15H18ClNS. The number of rotatable bonds is 4. The van der Waals surface area contributed by atoms with Crippen LogP contribution in [0, 0.1) is 0 Å². The first kappa shape index (κ1) is 13.4. The van der Waals surface area contributed by atoms with Gasteiger partial charge in [-0.25, -0.2) is 0 Å². The van der Waals surface area contributed by atoms with E-state index in [2.05, 4.69) is 56.4 Å². The summed E-state index contributed by atoms with van der Waals surface area (Å²) >= 11 is 7.61. The second kappa shape index (κ2) is 5.77. The molecule has 0 aliphatic carbocycles. The number of anilines is 1. The van der Waals surface area contributed by atoms with Crippen molar-refractivity contribution >= 4 is 28.6 Å². The fourth-order valence-electron chi connectivity index (χ4n) is 2.00. The summed E-state index contributed by atoms with van der Waals surface area (Å²) < 4.78 is 0.843. The van der Waals surface area contributed by atoms with Gasteiger partial charge in [-0.2, -0.15) is 0 Å². The maximum atomic E-state index is 5.98. The summed E-state index contributed by atoms with van der Waals surface area (Å²) in [5, 5.41) is 3.57. The highest BCUT2D eigenvalue weighted by atomic mass is 35.5. The maximum Gasteiger partial charge on any atom is 0.0932 e. The molecule has 1 N–H and O–H groups in total. The first-order valence-corrected chi connectivity index (χ1v) is 7.38. The Balaban J connectivity index is 2.19. The molecule has 0 fully saturated rings. The Labute approximate surface area is 118 Å². The minimum Gasteiger partial charge on any atom is -0.377 e. The van der Waals surface area contributed by atoms with Crippen LogP contribution in [0.1, 0.15) is 43.2 Å². The van der Waals surface area contributed by atoms with Crippen molar-refractivity contribution in [2.75, 3.05) is 5.32 Å². The van der Waals surface area contributed by atoms with E-state index in [0.717, 1.165) is 4.34 Å². The molecule has 0 bridgehead atoms. The van der Waals surface area contributed by atoms with E-state index in [-0.39, 0.29) is 6.04 Å². The van der Waals surface area contributed by atoms with Gasteiger partial charge in [0.05, 0.1) is 10.4 Å². The Kier molecular flexibility index (Phi) is 4.31. The second-order valence-electron chi connectivity index (χ2n) is 4.75. The number of hydrogen-bond acceptors (Lipinski definition) is 2. The monoisotopic (exact) mass is 279 g/mol. The van der Waals surface area contributed by atoms with E-state index in [1.54, 1.807) is 11.3 Å². The van der Waals surface area contributed by atoms with Gasteiger partial charge in [0.2, 0.25) is 0 Å². The van der Waals surface area contributed by atoms with Gasteiger partial charge in [0.15, 0.2) is 0 Å². The van der Waals surface area contributed by atoms with Crippen LogP contribution < -0.4 is 5.32 Å². The van der Waals surface area contributed by atoms with Crippen LogP contribution in [-0.4, -0.2) is 0 Å². The Morgan fingerprint density at radius 2 is 1.78 bits per heavy atom. The normalized spacial score (nSPS) is 12.7. The molecule has 0 saturated heterocycles. The molecule has 2 aromatic rings. The maximum absolute atomic E-state index is 5.98. The lowest BCUT2D eigenvalue weighted by molar-refractivity contribution is 0.848. The van der Waals surface area contributed by atoms with Crippen LogP contribution in [0.2, 0.25) is 4.34 Å². The molecule has 1 aromatic heterocycles. The number of halogens is 1. The molecule has 0 spiro atoms. The van der Waals surface area contributed by atoms with Crippen molar-refractivity contribution in [2.24, 2.45) is 0 Å². The predicted molar refractivity (Wildman–Crippen MR) is 81.9 cm³/mol. The minimum atomic E-state index is 0.280. The van der Waals surface area contributed by atoms with Gasteiger partial charge < -0.3 is 5.32 Å². The Hall–Kier alpha value is -0.990. The highest BCUT2D eigenvalue weighted by Gasteiger charge is 2.11. The Morgan fingerprint density at radius 3 is 2.39 bits per heavy atom. The fraction of sp³-hybridized carbons (Fsp3) is 0.333. The second-order valence-corrected chi connectivity index (χ2v) is 6.50. The van der Waals surface area contributed by atoms with Gasteiger partial charge in [-0.05, 0) is 36.6 Å². The first-order chi connectivity index (χ1) is 8.58. The molecule has 1 aromatic carbocycles. The number of nitrogens with one attached hydrogen (secondary N) is 1. The largest absolute Gasteiger partial charge is 0.377 e. The molecule has 1 atom stereocenters. The van der Waals surface area contributed by atoms with Crippen molar-refractivity contribution in [1.82, 2.24) is 0 Å². The van der Waals surface area contributed by atoms with Crippen molar-refractivity contribution in [2.45, 2.75) is 32.7 Å². The van der Waals surface area contributed by atoms with Crippen LogP contribution in [0.15, 0.2) is 36.4 Å². The van der Waals surface area contributed by atoms with Gasteiger partial charge in [-0.15, -0.1) is 11.3 Å². The van der Waals surface area contributed by atoms with Gasteiger partial charge in [-0.1, -0.05) is 43.6 Å². The third-order valence-electron chi connectivity index (χ3n) is 2.98. The SMILES string of the molecule is CC(C)c1ccccc1NC(C)c1ccc(Cl)s1. The predicted octanol–water partition coefficient (Wildman–Crippen LogP) is 5.70. The third-order valence-corrected chi connectivity index (χ3v) is 4.39. The molecule has 1 heterocycles.